The van der Waals surface area contributed by atoms with Gasteiger partial charge in [0.2, 0.25) is 0 Å². The summed E-state index contributed by atoms with van der Waals surface area (Å²) in [7, 11) is 0. The molecule has 0 bridgehead atoms. The number of thiazole rings is 1. The van der Waals surface area contributed by atoms with Gasteiger partial charge in [-0.15, -0.1) is 0 Å². The number of amides is 1. The van der Waals surface area contributed by atoms with Gasteiger partial charge in [0.25, 0.3) is 5.91 Å². The minimum Gasteiger partial charge on any atom is -0.316 e. The molecule has 0 N–H and O–H groups in total. The first-order valence-corrected chi connectivity index (χ1v) is 10.6. The van der Waals surface area contributed by atoms with Crippen LogP contribution in [0.2, 0.25) is 0 Å². The zero-order valence-electron chi connectivity index (χ0n) is 14.8. The Morgan fingerprint density at radius 1 is 1.20 bits per heavy atom. The summed E-state index contributed by atoms with van der Waals surface area (Å²) in [6.07, 6.45) is 3.10. The maximum Gasteiger partial charge on any atom is 0.279 e. The number of hydrogen-bond donors (Lipinski definition) is 0. The van der Waals surface area contributed by atoms with Crippen molar-refractivity contribution >= 4 is 39.2 Å². The number of carbonyl (C=O) groups is 1. The molecular formula is C20H22N2OS2. The SMILES string of the molecule is CCc1ccc2c(c1)sc(=NC(=O)c1ccc(C)cc1)n2CCSC. The Bertz CT molecular complexity index is 952. The largest absolute Gasteiger partial charge is 0.316 e. The van der Waals surface area contributed by atoms with Crippen LogP contribution in [0.15, 0.2) is 47.5 Å². The van der Waals surface area contributed by atoms with Crippen molar-refractivity contribution in [1.29, 1.82) is 0 Å². The molecule has 130 valence electrons. The summed E-state index contributed by atoms with van der Waals surface area (Å²) >= 11 is 3.40. The second-order valence-corrected chi connectivity index (χ2v) is 7.96. The number of carbonyl (C=O) groups excluding carboxylic acids is 1. The van der Waals surface area contributed by atoms with Crippen molar-refractivity contribution in [2.45, 2.75) is 26.8 Å². The average Bonchev–Trinajstić information content (AvgIpc) is 2.96. The molecule has 3 rings (SSSR count). The van der Waals surface area contributed by atoms with E-state index in [1.807, 2.05) is 31.2 Å². The maximum absolute atomic E-state index is 12.6. The van der Waals surface area contributed by atoms with E-state index in [1.165, 1.54) is 10.3 Å². The molecule has 1 heterocycles. The monoisotopic (exact) mass is 370 g/mol. The molecule has 25 heavy (non-hydrogen) atoms. The van der Waals surface area contributed by atoms with Gasteiger partial charge in [0.1, 0.15) is 0 Å². The lowest BCUT2D eigenvalue weighted by molar-refractivity contribution is 0.0998. The summed E-state index contributed by atoms with van der Waals surface area (Å²) < 4.78 is 3.36. The molecule has 3 aromatic rings. The van der Waals surface area contributed by atoms with E-state index in [1.54, 1.807) is 23.1 Å². The molecule has 5 heteroatoms. The van der Waals surface area contributed by atoms with Crippen molar-refractivity contribution < 1.29 is 4.79 Å². The molecule has 0 saturated heterocycles. The van der Waals surface area contributed by atoms with Crippen LogP contribution < -0.4 is 4.80 Å². The Balaban J connectivity index is 2.09. The zero-order valence-corrected chi connectivity index (χ0v) is 16.4. The Morgan fingerprint density at radius 2 is 1.96 bits per heavy atom. The second-order valence-electron chi connectivity index (χ2n) is 5.97. The predicted octanol–water partition coefficient (Wildman–Crippen LogP) is 4.68. The molecule has 0 spiro atoms. The van der Waals surface area contributed by atoms with Gasteiger partial charge in [-0.05, 0) is 49.4 Å². The van der Waals surface area contributed by atoms with Crippen LogP contribution in [-0.4, -0.2) is 22.5 Å². The van der Waals surface area contributed by atoms with Gasteiger partial charge in [-0.1, -0.05) is 42.0 Å². The molecule has 1 aromatic heterocycles. The first-order chi connectivity index (χ1) is 12.1. The van der Waals surface area contributed by atoms with Gasteiger partial charge in [-0.3, -0.25) is 4.79 Å². The van der Waals surface area contributed by atoms with Crippen molar-refractivity contribution in [3.05, 3.63) is 64.0 Å². The first kappa shape index (κ1) is 18.0. The highest BCUT2D eigenvalue weighted by Crippen LogP contribution is 2.20. The lowest BCUT2D eigenvalue weighted by atomic mass is 10.1. The van der Waals surface area contributed by atoms with Gasteiger partial charge in [0.05, 0.1) is 10.2 Å². The van der Waals surface area contributed by atoms with Gasteiger partial charge >= 0.3 is 0 Å². The Hall–Kier alpha value is -1.85. The van der Waals surface area contributed by atoms with Crippen molar-refractivity contribution in [2.75, 3.05) is 12.0 Å². The third kappa shape index (κ3) is 4.05. The molecule has 0 fully saturated rings. The molecule has 3 nitrogen and oxygen atoms in total. The highest BCUT2D eigenvalue weighted by molar-refractivity contribution is 7.98. The van der Waals surface area contributed by atoms with Crippen molar-refractivity contribution in [2.24, 2.45) is 4.99 Å². The van der Waals surface area contributed by atoms with Gasteiger partial charge in [0.15, 0.2) is 4.80 Å². The van der Waals surface area contributed by atoms with E-state index in [0.29, 0.717) is 5.56 Å². The van der Waals surface area contributed by atoms with Crippen molar-refractivity contribution in [1.82, 2.24) is 4.57 Å². The lowest BCUT2D eigenvalue weighted by Gasteiger charge is -2.04. The average molecular weight is 371 g/mol. The smallest absolute Gasteiger partial charge is 0.279 e. The number of rotatable bonds is 5. The van der Waals surface area contributed by atoms with E-state index < -0.39 is 0 Å². The highest BCUT2D eigenvalue weighted by atomic mass is 32.2. The normalized spacial score (nSPS) is 12.0. The lowest BCUT2D eigenvalue weighted by Crippen LogP contribution is -2.18. The fraction of sp³-hybridized carbons (Fsp3) is 0.300. The Morgan fingerprint density at radius 3 is 2.64 bits per heavy atom. The zero-order chi connectivity index (χ0) is 17.8. The molecule has 0 aliphatic heterocycles. The summed E-state index contributed by atoms with van der Waals surface area (Å²) in [5.74, 6) is 0.813. The summed E-state index contributed by atoms with van der Waals surface area (Å²) in [4.78, 5) is 17.8. The van der Waals surface area contributed by atoms with E-state index in [0.717, 1.165) is 34.6 Å². The minimum absolute atomic E-state index is 0.180. The summed E-state index contributed by atoms with van der Waals surface area (Å²) in [6.45, 7) is 5.02. The summed E-state index contributed by atoms with van der Waals surface area (Å²) in [5.41, 5.74) is 4.24. The van der Waals surface area contributed by atoms with Crippen molar-refractivity contribution in [3.63, 3.8) is 0 Å². The standard InChI is InChI=1S/C20H22N2OS2/c1-4-15-7-10-17-18(13-15)25-20(22(17)11-12-24-3)21-19(23)16-8-5-14(2)6-9-16/h5-10,13H,4,11-12H2,1-3H3. The van der Waals surface area contributed by atoms with Crippen LogP contribution in [0.25, 0.3) is 10.2 Å². The van der Waals surface area contributed by atoms with E-state index in [-0.39, 0.29) is 5.91 Å². The fourth-order valence-corrected chi connectivity index (χ4v) is 4.15. The van der Waals surface area contributed by atoms with Crippen LogP contribution in [-0.2, 0) is 13.0 Å². The second kappa shape index (κ2) is 8.02. The number of aryl methyl sites for hydroxylation is 3. The van der Waals surface area contributed by atoms with Crippen molar-refractivity contribution in [3.8, 4) is 0 Å². The molecule has 0 aliphatic rings. The first-order valence-electron chi connectivity index (χ1n) is 8.39. The van der Waals surface area contributed by atoms with E-state index in [4.69, 9.17) is 0 Å². The number of benzene rings is 2. The third-order valence-corrected chi connectivity index (χ3v) is 5.80. The molecule has 0 saturated carbocycles. The van der Waals surface area contributed by atoms with Crippen LogP contribution in [0.3, 0.4) is 0 Å². The minimum atomic E-state index is -0.180. The van der Waals surface area contributed by atoms with E-state index >= 15 is 0 Å². The van der Waals surface area contributed by atoms with Crippen LogP contribution in [0, 0.1) is 6.92 Å². The maximum atomic E-state index is 12.6. The molecule has 0 aliphatic carbocycles. The summed E-state index contributed by atoms with van der Waals surface area (Å²) in [6, 6.07) is 14.1. The topological polar surface area (TPSA) is 34.4 Å². The molecular weight excluding hydrogens is 348 g/mol. The predicted molar refractivity (Wildman–Crippen MR) is 109 cm³/mol. The van der Waals surface area contributed by atoms with E-state index in [9.17, 15) is 4.79 Å². The van der Waals surface area contributed by atoms with E-state index in [2.05, 4.69) is 40.9 Å². The molecule has 0 unspecified atom stereocenters. The summed E-state index contributed by atoms with van der Waals surface area (Å²) in [5, 5.41) is 0. The van der Waals surface area contributed by atoms with Crippen LogP contribution >= 0.6 is 23.1 Å². The van der Waals surface area contributed by atoms with Gasteiger partial charge in [-0.2, -0.15) is 16.8 Å². The third-order valence-electron chi connectivity index (χ3n) is 4.17. The number of aromatic nitrogens is 1. The fourth-order valence-electron chi connectivity index (χ4n) is 2.67. The van der Waals surface area contributed by atoms with Gasteiger partial charge < -0.3 is 4.57 Å². The van der Waals surface area contributed by atoms with Gasteiger partial charge in [-0.25, -0.2) is 0 Å². The highest BCUT2D eigenvalue weighted by Gasteiger charge is 2.09. The van der Waals surface area contributed by atoms with Crippen LogP contribution in [0.5, 0.6) is 0 Å². The number of hydrogen-bond acceptors (Lipinski definition) is 3. The van der Waals surface area contributed by atoms with Crippen LogP contribution in [0.4, 0.5) is 0 Å². The molecule has 0 radical (unpaired) electrons. The molecule has 1 amide bonds. The van der Waals surface area contributed by atoms with Crippen LogP contribution in [0.1, 0.15) is 28.4 Å². The Labute approximate surface area is 156 Å². The number of thioether (sulfide) groups is 1. The molecule has 2 aromatic carbocycles. The molecule has 0 atom stereocenters. The van der Waals surface area contributed by atoms with Gasteiger partial charge in [0, 0.05) is 17.9 Å². The number of fused-ring (bicyclic) bond motifs is 1. The Kier molecular flexibility index (Phi) is 5.76. The number of nitrogens with zero attached hydrogens (tertiary/aromatic N) is 2. The quantitative estimate of drug-likeness (QED) is 0.654.